The molecule has 1 aromatic heterocycles. The molecule has 19 heavy (non-hydrogen) atoms. The number of aliphatic carboxylic acids is 1. The van der Waals surface area contributed by atoms with E-state index in [1.54, 1.807) is 6.20 Å². The summed E-state index contributed by atoms with van der Waals surface area (Å²) in [6, 6.07) is 1.92. The highest BCUT2D eigenvalue weighted by Crippen LogP contribution is 2.20. The summed E-state index contributed by atoms with van der Waals surface area (Å²) in [6.07, 6.45) is 2.82. The van der Waals surface area contributed by atoms with Gasteiger partial charge in [-0.15, -0.1) is 0 Å². The van der Waals surface area contributed by atoms with Crippen LogP contribution >= 0.6 is 0 Å². The number of carbonyl (C=O) groups is 1. The van der Waals surface area contributed by atoms with Crippen molar-refractivity contribution >= 4 is 5.97 Å². The largest absolute Gasteiger partial charge is 0.481 e. The summed E-state index contributed by atoms with van der Waals surface area (Å²) in [7, 11) is 1.94. The number of carboxylic acid groups (broad SMARTS) is 1. The maximum absolute atomic E-state index is 11.2. The number of nitrogens with zero attached hydrogens (tertiary/aromatic N) is 3. The third-order valence-electron chi connectivity index (χ3n) is 3.59. The van der Waals surface area contributed by atoms with Crippen molar-refractivity contribution in [2.75, 3.05) is 20.3 Å². The van der Waals surface area contributed by atoms with Crippen molar-refractivity contribution in [2.45, 2.75) is 32.5 Å². The first-order chi connectivity index (χ1) is 9.13. The van der Waals surface area contributed by atoms with Crippen LogP contribution in [-0.4, -0.2) is 52.1 Å². The molecule has 6 heteroatoms. The van der Waals surface area contributed by atoms with Crippen LogP contribution in [0.5, 0.6) is 0 Å². The second-order valence-electron chi connectivity index (χ2n) is 5.01. The quantitative estimate of drug-likeness (QED) is 0.826. The maximum Gasteiger partial charge on any atom is 0.310 e. The lowest BCUT2D eigenvalue weighted by Gasteiger charge is -2.26. The molecule has 0 radical (unpaired) electrons. The topological polar surface area (TPSA) is 67.6 Å². The van der Waals surface area contributed by atoms with E-state index in [4.69, 9.17) is 4.74 Å². The molecule has 2 heterocycles. The highest BCUT2D eigenvalue weighted by molar-refractivity contribution is 5.71. The summed E-state index contributed by atoms with van der Waals surface area (Å²) in [5.74, 6) is -1.22. The molecular weight excluding hydrogens is 246 g/mol. The minimum atomic E-state index is -0.781. The van der Waals surface area contributed by atoms with Gasteiger partial charge in [0.2, 0.25) is 0 Å². The molecule has 0 saturated carbocycles. The minimum absolute atomic E-state index is 0.0672. The summed E-state index contributed by atoms with van der Waals surface area (Å²) in [5.41, 5.74) is 1.11. The molecule has 2 atom stereocenters. The monoisotopic (exact) mass is 267 g/mol. The van der Waals surface area contributed by atoms with Gasteiger partial charge in [0.25, 0.3) is 0 Å². The highest BCUT2D eigenvalue weighted by atomic mass is 16.5. The standard InChI is InChI=1S/C13H21N3O3/c1-3-6-16-10(4-5-14-16)7-15(2)12-9-19-8-11(12)13(17)18/h4-5,11-12H,3,6-9H2,1-2H3,(H,17,18). The third-order valence-corrected chi connectivity index (χ3v) is 3.59. The van der Waals surface area contributed by atoms with Crippen LogP contribution in [0.4, 0.5) is 0 Å². The van der Waals surface area contributed by atoms with E-state index in [0.29, 0.717) is 19.8 Å². The molecule has 1 saturated heterocycles. The van der Waals surface area contributed by atoms with Gasteiger partial charge in [0, 0.05) is 25.3 Å². The van der Waals surface area contributed by atoms with Gasteiger partial charge in [-0.1, -0.05) is 6.92 Å². The fourth-order valence-electron chi connectivity index (χ4n) is 2.49. The first-order valence-corrected chi connectivity index (χ1v) is 6.65. The van der Waals surface area contributed by atoms with Gasteiger partial charge >= 0.3 is 5.97 Å². The van der Waals surface area contributed by atoms with Crippen LogP contribution in [0.15, 0.2) is 12.3 Å². The average molecular weight is 267 g/mol. The van der Waals surface area contributed by atoms with Crippen molar-refractivity contribution in [1.82, 2.24) is 14.7 Å². The summed E-state index contributed by atoms with van der Waals surface area (Å²) >= 11 is 0. The number of carboxylic acids is 1. The van der Waals surface area contributed by atoms with Crippen LogP contribution in [0, 0.1) is 5.92 Å². The normalized spacial score (nSPS) is 23.1. The summed E-state index contributed by atoms with van der Waals surface area (Å²) in [6.45, 7) is 4.48. The number of ether oxygens (including phenoxy) is 1. The Kier molecular flexibility index (Phi) is 4.55. The van der Waals surface area contributed by atoms with Crippen LogP contribution in [0.3, 0.4) is 0 Å². The smallest absolute Gasteiger partial charge is 0.310 e. The van der Waals surface area contributed by atoms with Crippen LogP contribution in [0.2, 0.25) is 0 Å². The molecule has 1 N–H and O–H groups in total. The zero-order valence-electron chi connectivity index (χ0n) is 11.5. The van der Waals surface area contributed by atoms with Crippen LogP contribution in [-0.2, 0) is 22.6 Å². The van der Waals surface area contributed by atoms with Crippen molar-refractivity contribution in [3.05, 3.63) is 18.0 Å². The highest BCUT2D eigenvalue weighted by Gasteiger charge is 2.36. The van der Waals surface area contributed by atoms with Gasteiger partial charge < -0.3 is 9.84 Å². The molecule has 106 valence electrons. The average Bonchev–Trinajstić information content (AvgIpc) is 2.98. The summed E-state index contributed by atoms with van der Waals surface area (Å²) in [5, 5.41) is 13.5. The van der Waals surface area contributed by atoms with Gasteiger partial charge in [0.15, 0.2) is 0 Å². The lowest BCUT2D eigenvalue weighted by Crippen LogP contribution is -2.40. The van der Waals surface area contributed by atoms with Crippen molar-refractivity contribution in [2.24, 2.45) is 5.92 Å². The zero-order valence-corrected chi connectivity index (χ0v) is 11.5. The molecule has 1 aliphatic heterocycles. The van der Waals surface area contributed by atoms with Crippen LogP contribution in [0.25, 0.3) is 0 Å². The van der Waals surface area contributed by atoms with Crippen molar-refractivity contribution in [3.8, 4) is 0 Å². The molecule has 0 bridgehead atoms. The predicted octanol–water partition coefficient (Wildman–Crippen LogP) is 0.825. The summed E-state index contributed by atoms with van der Waals surface area (Å²) < 4.78 is 7.28. The molecule has 2 unspecified atom stereocenters. The van der Waals surface area contributed by atoms with E-state index >= 15 is 0 Å². The summed E-state index contributed by atoms with van der Waals surface area (Å²) in [4.78, 5) is 13.2. The third kappa shape index (κ3) is 3.13. The molecule has 0 amide bonds. The van der Waals surface area contributed by atoms with Gasteiger partial charge in [-0.05, 0) is 19.5 Å². The Morgan fingerprint density at radius 2 is 2.42 bits per heavy atom. The second kappa shape index (κ2) is 6.16. The zero-order chi connectivity index (χ0) is 13.8. The SMILES string of the molecule is CCCn1nccc1CN(C)C1COCC1C(=O)O. The molecule has 6 nitrogen and oxygen atoms in total. The van der Waals surface area contributed by atoms with Gasteiger partial charge in [-0.3, -0.25) is 14.4 Å². The molecule has 1 aromatic rings. The van der Waals surface area contributed by atoms with E-state index < -0.39 is 11.9 Å². The first-order valence-electron chi connectivity index (χ1n) is 6.65. The van der Waals surface area contributed by atoms with Gasteiger partial charge in [-0.2, -0.15) is 5.10 Å². The maximum atomic E-state index is 11.2. The van der Waals surface area contributed by atoms with Crippen LogP contribution < -0.4 is 0 Å². The molecule has 0 aromatic carbocycles. The number of likely N-dealkylation sites (N-methyl/N-ethyl adjacent to an activating group) is 1. The Bertz CT molecular complexity index is 433. The lowest BCUT2D eigenvalue weighted by molar-refractivity contribution is -0.143. The minimum Gasteiger partial charge on any atom is -0.481 e. The van der Waals surface area contributed by atoms with E-state index in [9.17, 15) is 9.90 Å². The number of aromatic nitrogens is 2. The van der Waals surface area contributed by atoms with Crippen molar-refractivity contribution < 1.29 is 14.6 Å². The second-order valence-corrected chi connectivity index (χ2v) is 5.01. The number of aryl methyl sites for hydroxylation is 1. The van der Waals surface area contributed by atoms with E-state index in [1.165, 1.54) is 0 Å². The van der Waals surface area contributed by atoms with Gasteiger partial charge in [-0.25, -0.2) is 0 Å². The Balaban J connectivity index is 2.02. The molecule has 0 spiro atoms. The van der Waals surface area contributed by atoms with Crippen molar-refractivity contribution in [1.29, 1.82) is 0 Å². The Hall–Kier alpha value is -1.40. The van der Waals surface area contributed by atoms with E-state index in [-0.39, 0.29) is 6.04 Å². The predicted molar refractivity (Wildman–Crippen MR) is 69.7 cm³/mol. The van der Waals surface area contributed by atoms with Crippen molar-refractivity contribution in [3.63, 3.8) is 0 Å². The molecular formula is C13H21N3O3. The molecule has 0 aliphatic carbocycles. The Morgan fingerprint density at radius 3 is 3.11 bits per heavy atom. The fraction of sp³-hybridized carbons (Fsp3) is 0.692. The Morgan fingerprint density at radius 1 is 1.63 bits per heavy atom. The molecule has 2 rings (SSSR count). The number of rotatable bonds is 6. The fourth-order valence-corrected chi connectivity index (χ4v) is 2.49. The van der Waals surface area contributed by atoms with E-state index in [1.807, 2.05) is 17.8 Å². The van der Waals surface area contributed by atoms with E-state index in [2.05, 4.69) is 16.9 Å². The lowest BCUT2D eigenvalue weighted by atomic mass is 10.0. The van der Waals surface area contributed by atoms with Crippen LogP contribution in [0.1, 0.15) is 19.0 Å². The number of hydrogen-bond donors (Lipinski definition) is 1. The Labute approximate surface area is 113 Å². The molecule has 1 fully saturated rings. The van der Waals surface area contributed by atoms with Gasteiger partial charge in [0.1, 0.15) is 0 Å². The van der Waals surface area contributed by atoms with Gasteiger partial charge in [0.05, 0.1) is 24.8 Å². The number of hydrogen-bond acceptors (Lipinski definition) is 4. The van der Waals surface area contributed by atoms with E-state index in [0.717, 1.165) is 18.7 Å². The first kappa shape index (κ1) is 14.0. The molecule has 1 aliphatic rings.